The molecule has 0 rings (SSSR count). The fraction of sp³-hybridized carbons (Fsp3) is 0.917. The van der Waals surface area contributed by atoms with Crippen molar-refractivity contribution >= 4 is 12.3 Å². The number of hydrogen-bond acceptors (Lipinski definition) is 3. The second kappa shape index (κ2) is 18.5. The number of carbonyl (C=O) groups excluding carboxylic acids is 2. The van der Waals surface area contributed by atoms with Crippen LogP contribution in [0.3, 0.4) is 0 Å². The van der Waals surface area contributed by atoms with Crippen molar-refractivity contribution < 1.29 is 14.3 Å². The average molecular weight is 383 g/mol. The number of aldehydes is 1. The maximum Gasteiger partial charge on any atom is 0.306 e. The lowest BCUT2D eigenvalue weighted by molar-refractivity contribution is -0.154. The molecule has 27 heavy (non-hydrogen) atoms. The summed E-state index contributed by atoms with van der Waals surface area (Å²) in [6.07, 6.45) is 22.9. The Morgan fingerprint density at radius 3 is 1.30 bits per heavy atom. The monoisotopic (exact) mass is 382 g/mol. The number of rotatable bonds is 19. The van der Waals surface area contributed by atoms with Crippen molar-refractivity contribution in [3.8, 4) is 0 Å². The summed E-state index contributed by atoms with van der Waals surface area (Å²) in [5, 5.41) is 0. The normalized spacial score (nSPS) is 11.5. The van der Waals surface area contributed by atoms with Crippen LogP contribution in [-0.4, -0.2) is 17.9 Å². The molecule has 0 spiro atoms. The van der Waals surface area contributed by atoms with Crippen LogP contribution in [0.15, 0.2) is 0 Å². The van der Waals surface area contributed by atoms with Crippen LogP contribution in [0.5, 0.6) is 0 Å². The Hall–Kier alpha value is -0.860. The first kappa shape index (κ1) is 26.1. The molecular weight excluding hydrogens is 336 g/mol. The summed E-state index contributed by atoms with van der Waals surface area (Å²) >= 11 is 0. The van der Waals surface area contributed by atoms with Gasteiger partial charge in [-0.3, -0.25) is 4.79 Å². The van der Waals surface area contributed by atoms with E-state index in [1.54, 1.807) is 0 Å². The summed E-state index contributed by atoms with van der Waals surface area (Å²) in [4.78, 5) is 21.8. The van der Waals surface area contributed by atoms with E-state index in [0.29, 0.717) is 6.42 Å². The molecule has 0 aromatic carbocycles. The third kappa shape index (κ3) is 23.1. The Balaban J connectivity index is 3.13. The van der Waals surface area contributed by atoms with Gasteiger partial charge >= 0.3 is 5.97 Å². The first-order valence-electron chi connectivity index (χ1n) is 11.6. The fourth-order valence-electron chi connectivity index (χ4n) is 3.36. The molecule has 160 valence electrons. The molecule has 0 aliphatic heterocycles. The van der Waals surface area contributed by atoms with Gasteiger partial charge in [-0.2, -0.15) is 0 Å². The molecular formula is C24H46O3. The largest absolute Gasteiger partial charge is 0.460 e. The number of esters is 1. The zero-order valence-electron chi connectivity index (χ0n) is 18.5. The summed E-state index contributed by atoms with van der Waals surface area (Å²) in [6, 6.07) is 0. The van der Waals surface area contributed by atoms with Crippen molar-refractivity contribution in [3.63, 3.8) is 0 Å². The van der Waals surface area contributed by atoms with Crippen molar-refractivity contribution in [1.82, 2.24) is 0 Å². The van der Waals surface area contributed by atoms with Gasteiger partial charge in [0.25, 0.3) is 0 Å². The number of carbonyl (C=O) groups is 2. The van der Waals surface area contributed by atoms with E-state index in [2.05, 4.69) is 0 Å². The summed E-state index contributed by atoms with van der Waals surface area (Å²) in [6.45, 7) is 5.76. The molecule has 0 radical (unpaired) electrons. The lowest BCUT2D eigenvalue weighted by Crippen LogP contribution is -2.23. The first-order valence-corrected chi connectivity index (χ1v) is 11.6. The molecule has 0 bridgehead atoms. The smallest absolute Gasteiger partial charge is 0.306 e. The lowest BCUT2D eigenvalue weighted by atomic mass is 10.0. The van der Waals surface area contributed by atoms with Crippen molar-refractivity contribution in [2.45, 2.75) is 142 Å². The molecule has 3 heteroatoms. The van der Waals surface area contributed by atoms with Crippen LogP contribution in [0.25, 0.3) is 0 Å². The van der Waals surface area contributed by atoms with E-state index >= 15 is 0 Å². The third-order valence-electron chi connectivity index (χ3n) is 4.87. The zero-order valence-corrected chi connectivity index (χ0v) is 18.5. The van der Waals surface area contributed by atoms with Crippen LogP contribution < -0.4 is 0 Å². The van der Waals surface area contributed by atoms with Gasteiger partial charge in [-0.1, -0.05) is 89.9 Å². The molecule has 0 amide bonds. The quantitative estimate of drug-likeness (QED) is 0.132. The van der Waals surface area contributed by atoms with E-state index in [-0.39, 0.29) is 11.6 Å². The summed E-state index contributed by atoms with van der Waals surface area (Å²) in [5.41, 5.74) is -0.352. The third-order valence-corrected chi connectivity index (χ3v) is 4.87. The Bertz CT molecular complexity index is 344. The molecule has 0 unspecified atom stereocenters. The SMILES string of the molecule is CC(C)(C)OC(=O)CCCCCCCCCCCCCCCCCCC=O. The van der Waals surface area contributed by atoms with Crippen molar-refractivity contribution in [1.29, 1.82) is 0 Å². The van der Waals surface area contributed by atoms with E-state index in [9.17, 15) is 9.59 Å². The second-order valence-electron chi connectivity index (χ2n) is 8.95. The summed E-state index contributed by atoms with van der Waals surface area (Å²) in [5.74, 6) is -0.0552. The van der Waals surface area contributed by atoms with Crippen molar-refractivity contribution in [2.24, 2.45) is 0 Å². The minimum absolute atomic E-state index is 0.0552. The molecule has 0 N–H and O–H groups in total. The van der Waals surface area contributed by atoms with Gasteiger partial charge in [0.15, 0.2) is 0 Å². The molecule has 0 atom stereocenters. The predicted octanol–water partition coefficient (Wildman–Crippen LogP) is 7.55. The molecule has 0 heterocycles. The van der Waals surface area contributed by atoms with Gasteiger partial charge in [-0.25, -0.2) is 0 Å². The van der Waals surface area contributed by atoms with Gasteiger partial charge < -0.3 is 9.53 Å². The van der Waals surface area contributed by atoms with Crippen LogP contribution >= 0.6 is 0 Å². The minimum atomic E-state index is -0.352. The Morgan fingerprint density at radius 1 is 0.630 bits per heavy atom. The highest BCUT2D eigenvalue weighted by Crippen LogP contribution is 2.15. The summed E-state index contributed by atoms with van der Waals surface area (Å²) in [7, 11) is 0. The molecule has 0 aromatic heterocycles. The molecule has 0 saturated heterocycles. The average Bonchev–Trinajstić information content (AvgIpc) is 2.59. The fourth-order valence-corrected chi connectivity index (χ4v) is 3.36. The minimum Gasteiger partial charge on any atom is -0.460 e. The van der Waals surface area contributed by atoms with Gasteiger partial charge in [-0.15, -0.1) is 0 Å². The highest BCUT2D eigenvalue weighted by molar-refractivity contribution is 5.69. The topological polar surface area (TPSA) is 43.4 Å². The molecule has 0 saturated carbocycles. The van der Waals surface area contributed by atoms with Crippen LogP contribution in [0.4, 0.5) is 0 Å². The number of ether oxygens (including phenoxy) is 1. The van der Waals surface area contributed by atoms with Crippen LogP contribution in [0.2, 0.25) is 0 Å². The van der Waals surface area contributed by atoms with Crippen LogP contribution in [0, 0.1) is 0 Å². The van der Waals surface area contributed by atoms with Gasteiger partial charge in [0.2, 0.25) is 0 Å². The Morgan fingerprint density at radius 2 is 0.963 bits per heavy atom. The predicted molar refractivity (Wildman–Crippen MR) is 115 cm³/mol. The number of hydrogen-bond donors (Lipinski definition) is 0. The lowest BCUT2D eigenvalue weighted by Gasteiger charge is -2.19. The first-order chi connectivity index (χ1) is 13.0. The standard InChI is InChI=1S/C24H46O3/c1-24(2,3)27-23(26)21-19-17-15-13-11-9-7-5-4-6-8-10-12-14-16-18-20-22-25/h22H,4-21H2,1-3H3. The highest BCUT2D eigenvalue weighted by Gasteiger charge is 2.15. The molecule has 0 aliphatic rings. The van der Waals surface area contributed by atoms with E-state index in [1.165, 1.54) is 83.5 Å². The van der Waals surface area contributed by atoms with E-state index < -0.39 is 0 Å². The maximum absolute atomic E-state index is 11.6. The molecule has 0 aromatic rings. The summed E-state index contributed by atoms with van der Waals surface area (Å²) < 4.78 is 5.32. The van der Waals surface area contributed by atoms with Crippen molar-refractivity contribution in [2.75, 3.05) is 0 Å². The van der Waals surface area contributed by atoms with E-state index in [4.69, 9.17) is 4.74 Å². The van der Waals surface area contributed by atoms with Crippen molar-refractivity contribution in [3.05, 3.63) is 0 Å². The molecule has 3 nitrogen and oxygen atoms in total. The zero-order chi connectivity index (χ0) is 20.2. The number of unbranched alkanes of at least 4 members (excludes halogenated alkanes) is 16. The van der Waals surface area contributed by atoms with Gasteiger partial charge in [0.1, 0.15) is 11.9 Å². The Labute approximate surface area is 169 Å². The highest BCUT2D eigenvalue weighted by atomic mass is 16.6. The molecule has 0 fully saturated rings. The molecule has 0 aliphatic carbocycles. The van der Waals surface area contributed by atoms with E-state index in [0.717, 1.165) is 32.0 Å². The van der Waals surface area contributed by atoms with E-state index in [1.807, 2.05) is 20.8 Å². The Kier molecular flexibility index (Phi) is 17.9. The van der Waals surface area contributed by atoms with Gasteiger partial charge in [0.05, 0.1) is 0 Å². The van der Waals surface area contributed by atoms with Gasteiger partial charge in [-0.05, 0) is 33.6 Å². The van der Waals surface area contributed by atoms with Gasteiger partial charge in [0, 0.05) is 12.8 Å². The maximum atomic E-state index is 11.6. The van der Waals surface area contributed by atoms with Crippen LogP contribution in [-0.2, 0) is 14.3 Å². The van der Waals surface area contributed by atoms with Crippen LogP contribution in [0.1, 0.15) is 136 Å². The second-order valence-corrected chi connectivity index (χ2v) is 8.95.